The van der Waals surface area contributed by atoms with Gasteiger partial charge in [-0.05, 0) is 44.2 Å². The van der Waals surface area contributed by atoms with Crippen LogP contribution in [-0.4, -0.2) is 33.0 Å². The second-order valence-corrected chi connectivity index (χ2v) is 6.46. The molecule has 2 aromatic heterocycles. The standard InChI is InChI=1S/C19H24N6O2/c26-25(27)17-18(21-12-9-15-6-2-1-3-7-15)23-14-24-19(17)22-13-10-16-8-4-5-11-20-16/h4-6,8,11,14H,1-3,7,9-10,12-13H2,(H2,21,22,23,24). The lowest BCUT2D eigenvalue weighted by Crippen LogP contribution is -2.13. The van der Waals surface area contributed by atoms with Crippen LogP contribution in [0.5, 0.6) is 0 Å². The zero-order chi connectivity index (χ0) is 18.9. The highest BCUT2D eigenvalue weighted by Crippen LogP contribution is 2.29. The number of aromatic nitrogens is 3. The molecular weight excluding hydrogens is 344 g/mol. The van der Waals surface area contributed by atoms with Crippen LogP contribution in [0, 0.1) is 10.1 Å². The Morgan fingerprint density at radius 3 is 2.44 bits per heavy atom. The van der Waals surface area contributed by atoms with Gasteiger partial charge in [0.2, 0.25) is 11.6 Å². The second kappa shape index (κ2) is 9.61. The van der Waals surface area contributed by atoms with E-state index >= 15 is 0 Å². The van der Waals surface area contributed by atoms with Crippen molar-refractivity contribution in [1.29, 1.82) is 0 Å². The minimum atomic E-state index is -0.439. The number of rotatable bonds is 9. The molecule has 0 fully saturated rings. The van der Waals surface area contributed by atoms with Gasteiger partial charge >= 0.3 is 5.69 Å². The van der Waals surface area contributed by atoms with Crippen molar-refractivity contribution in [3.05, 3.63) is 58.2 Å². The van der Waals surface area contributed by atoms with Crippen LogP contribution in [0.4, 0.5) is 17.3 Å². The molecule has 0 atom stereocenters. The van der Waals surface area contributed by atoms with Crippen molar-refractivity contribution in [3.8, 4) is 0 Å². The van der Waals surface area contributed by atoms with Crippen molar-refractivity contribution in [2.24, 2.45) is 0 Å². The smallest absolute Gasteiger partial charge is 0.353 e. The van der Waals surface area contributed by atoms with E-state index in [0.29, 0.717) is 19.5 Å². The first kappa shape index (κ1) is 18.8. The zero-order valence-corrected chi connectivity index (χ0v) is 15.2. The average molecular weight is 368 g/mol. The van der Waals surface area contributed by atoms with E-state index in [-0.39, 0.29) is 17.3 Å². The Balaban J connectivity index is 1.61. The van der Waals surface area contributed by atoms with Crippen molar-refractivity contribution in [2.45, 2.75) is 38.5 Å². The predicted octanol–water partition coefficient (Wildman–Crippen LogP) is 3.74. The van der Waals surface area contributed by atoms with Crippen molar-refractivity contribution in [3.63, 3.8) is 0 Å². The molecule has 3 rings (SSSR count). The first-order valence-corrected chi connectivity index (χ1v) is 9.29. The van der Waals surface area contributed by atoms with Gasteiger partial charge in [-0.3, -0.25) is 15.1 Å². The zero-order valence-electron chi connectivity index (χ0n) is 15.2. The van der Waals surface area contributed by atoms with Crippen LogP contribution >= 0.6 is 0 Å². The highest BCUT2D eigenvalue weighted by molar-refractivity contribution is 5.69. The summed E-state index contributed by atoms with van der Waals surface area (Å²) in [5.41, 5.74) is 2.22. The molecule has 8 nitrogen and oxygen atoms in total. The highest BCUT2D eigenvalue weighted by Gasteiger charge is 2.22. The van der Waals surface area contributed by atoms with E-state index in [0.717, 1.165) is 25.0 Å². The summed E-state index contributed by atoms with van der Waals surface area (Å²) in [4.78, 5) is 23.5. The largest absolute Gasteiger partial charge is 0.364 e. The number of hydrogen-bond donors (Lipinski definition) is 2. The lowest BCUT2D eigenvalue weighted by Gasteiger charge is -2.13. The van der Waals surface area contributed by atoms with Gasteiger partial charge in [-0.15, -0.1) is 0 Å². The van der Waals surface area contributed by atoms with Gasteiger partial charge in [0.05, 0.1) is 4.92 Å². The monoisotopic (exact) mass is 368 g/mol. The molecule has 2 heterocycles. The van der Waals surface area contributed by atoms with Gasteiger partial charge in [-0.25, -0.2) is 9.97 Å². The molecule has 0 spiro atoms. The van der Waals surface area contributed by atoms with Crippen LogP contribution in [0.2, 0.25) is 0 Å². The fourth-order valence-corrected chi connectivity index (χ4v) is 3.14. The summed E-state index contributed by atoms with van der Waals surface area (Å²) in [6.45, 7) is 1.12. The summed E-state index contributed by atoms with van der Waals surface area (Å²) < 4.78 is 0. The number of allylic oxidation sites excluding steroid dienone is 1. The fourth-order valence-electron chi connectivity index (χ4n) is 3.14. The van der Waals surface area contributed by atoms with E-state index in [9.17, 15) is 10.1 Å². The molecular formula is C19H24N6O2. The Morgan fingerprint density at radius 2 is 1.81 bits per heavy atom. The summed E-state index contributed by atoms with van der Waals surface area (Å²) in [7, 11) is 0. The third kappa shape index (κ3) is 5.47. The number of nitrogens with one attached hydrogen (secondary N) is 2. The van der Waals surface area contributed by atoms with Crippen molar-refractivity contribution in [2.75, 3.05) is 23.7 Å². The van der Waals surface area contributed by atoms with E-state index in [4.69, 9.17) is 0 Å². The lowest BCUT2D eigenvalue weighted by atomic mass is 9.97. The number of nitro groups is 1. The van der Waals surface area contributed by atoms with Crippen LogP contribution < -0.4 is 10.6 Å². The van der Waals surface area contributed by atoms with Gasteiger partial charge in [0.15, 0.2) is 0 Å². The van der Waals surface area contributed by atoms with E-state index in [1.807, 2.05) is 18.2 Å². The molecule has 0 aliphatic heterocycles. The summed E-state index contributed by atoms with van der Waals surface area (Å²) in [5.74, 6) is 0.483. The average Bonchev–Trinajstić information content (AvgIpc) is 2.69. The van der Waals surface area contributed by atoms with Gasteiger partial charge in [-0.1, -0.05) is 17.7 Å². The molecule has 2 N–H and O–H groups in total. The van der Waals surface area contributed by atoms with Gasteiger partial charge in [-0.2, -0.15) is 0 Å². The highest BCUT2D eigenvalue weighted by atomic mass is 16.6. The van der Waals surface area contributed by atoms with Gasteiger partial charge < -0.3 is 10.6 Å². The molecule has 0 unspecified atom stereocenters. The van der Waals surface area contributed by atoms with E-state index in [1.54, 1.807) is 6.20 Å². The molecule has 0 saturated carbocycles. The minimum Gasteiger partial charge on any atom is -0.364 e. The SMILES string of the molecule is O=[N+]([O-])c1c(NCCC2=CCCCC2)ncnc1NCCc1ccccn1. The van der Waals surface area contributed by atoms with Crippen molar-refractivity contribution in [1.82, 2.24) is 15.0 Å². The van der Waals surface area contributed by atoms with Gasteiger partial charge in [0, 0.05) is 31.4 Å². The van der Waals surface area contributed by atoms with Crippen molar-refractivity contribution >= 4 is 17.3 Å². The normalized spacial score (nSPS) is 13.7. The summed E-state index contributed by atoms with van der Waals surface area (Å²) in [6, 6.07) is 5.69. The Hall–Kier alpha value is -3.03. The maximum absolute atomic E-state index is 11.6. The molecule has 2 aromatic rings. The Morgan fingerprint density at radius 1 is 1.04 bits per heavy atom. The number of nitrogens with zero attached hydrogens (tertiary/aromatic N) is 4. The second-order valence-electron chi connectivity index (χ2n) is 6.46. The topological polar surface area (TPSA) is 106 Å². The quantitative estimate of drug-likeness (QED) is 0.394. The van der Waals surface area contributed by atoms with Crippen LogP contribution in [0.15, 0.2) is 42.4 Å². The summed E-state index contributed by atoms with van der Waals surface area (Å²) in [5, 5.41) is 17.7. The predicted molar refractivity (Wildman–Crippen MR) is 105 cm³/mol. The third-order valence-corrected chi connectivity index (χ3v) is 4.53. The lowest BCUT2D eigenvalue weighted by molar-refractivity contribution is -0.383. The molecule has 8 heteroatoms. The maximum Gasteiger partial charge on any atom is 0.353 e. The molecule has 0 bridgehead atoms. The molecule has 0 saturated heterocycles. The van der Waals surface area contributed by atoms with E-state index in [2.05, 4.69) is 31.7 Å². The molecule has 142 valence electrons. The molecule has 0 aromatic carbocycles. The van der Waals surface area contributed by atoms with Gasteiger partial charge in [0.1, 0.15) is 6.33 Å². The molecule has 1 aliphatic carbocycles. The summed E-state index contributed by atoms with van der Waals surface area (Å²) >= 11 is 0. The molecule has 0 radical (unpaired) electrons. The van der Waals surface area contributed by atoms with E-state index in [1.165, 1.54) is 24.7 Å². The minimum absolute atomic E-state index is 0.115. The number of hydrogen-bond acceptors (Lipinski definition) is 7. The maximum atomic E-state index is 11.6. The Labute approximate surface area is 158 Å². The molecule has 27 heavy (non-hydrogen) atoms. The third-order valence-electron chi connectivity index (χ3n) is 4.53. The van der Waals surface area contributed by atoms with Gasteiger partial charge in [0.25, 0.3) is 0 Å². The number of pyridine rings is 1. The molecule has 1 aliphatic rings. The van der Waals surface area contributed by atoms with Crippen molar-refractivity contribution < 1.29 is 4.92 Å². The Bertz CT molecular complexity index is 794. The molecule has 0 amide bonds. The Kier molecular flexibility index (Phi) is 6.67. The summed E-state index contributed by atoms with van der Waals surface area (Å²) in [6.07, 6.45) is 11.6. The first-order valence-electron chi connectivity index (χ1n) is 9.29. The van der Waals surface area contributed by atoms with Crippen LogP contribution in [0.1, 0.15) is 37.8 Å². The fraction of sp³-hybridized carbons (Fsp3) is 0.421. The van der Waals surface area contributed by atoms with Crippen LogP contribution in [-0.2, 0) is 6.42 Å². The van der Waals surface area contributed by atoms with Crippen LogP contribution in [0.25, 0.3) is 0 Å². The van der Waals surface area contributed by atoms with Crippen LogP contribution in [0.3, 0.4) is 0 Å². The first-order chi connectivity index (χ1) is 13.2. The number of anilines is 2. The van der Waals surface area contributed by atoms with E-state index < -0.39 is 4.92 Å².